The minimum Gasteiger partial charge on any atom is -0.368 e. The Morgan fingerprint density at radius 3 is 2.22 bits per heavy atom. The van der Waals surface area contributed by atoms with Crippen molar-refractivity contribution in [2.75, 3.05) is 17.2 Å². The van der Waals surface area contributed by atoms with E-state index in [-0.39, 0.29) is 5.91 Å². The van der Waals surface area contributed by atoms with Crippen LogP contribution in [0.2, 0.25) is 5.02 Å². The molecule has 0 aliphatic carbocycles. The van der Waals surface area contributed by atoms with E-state index < -0.39 is 5.41 Å². The highest BCUT2D eigenvalue weighted by atomic mass is 35.5. The molecule has 0 unspecified atom stereocenters. The van der Waals surface area contributed by atoms with Crippen LogP contribution in [-0.4, -0.2) is 22.6 Å². The highest BCUT2D eigenvalue weighted by Gasteiger charge is 2.21. The minimum atomic E-state index is -0.461. The second-order valence-electron chi connectivity index (χ2n) is 6.31. The lowest BCUT2D eigenvalue weighted by atomic mass is 9.96. The third-order valence-corrected chi connectivity index (χ3v) is 3.47. The molecule has 23 heavy (non-hydrogen) atoms. The van der Waals surface area contributed by atoms with E-state index in [1.807, 2.05) is 45.0 Å². The quantitative estimate of drug-likeness (QED) is 0.874. The number of carbonyl (C=O) groups excluding carboxylic acids is 1. The van der Waals surface area contributed by atoms with Gasteiger partial charge in [0.25, 0.3) is 0 Å². The van der Waals surface area contributed by atoms with Crippen LogP contribution >= 0.6 is 11.6 Å². The van der Waals surface area contributed by atoms with Gasteiger partial charge in [-0.15, -0.1) is 10.2 Å². The summed E-state index contributed by atoms with van der Waals surface area (Å²) in [6.45, 7) is 6.29. The van der Waals surface area contributed by atoms with Crippen molar-refractivity contribution in [3.05, 3.63) is 47.0 Å². The lowest BCUT2D eigenvalue weighted by Crippen LogP contribution is -2.28. The normalized spacial score (nSPS) is 11.1. The molecule has 0 saturated heterocycles. The largest absolute Gasteiger partial charge is 0.368 e. The molecule has 0 bridgehead atoms. The van der Waals surface area contributed by atoms with E-state index in [1.54, 1.807) is 12.1 Å². The summed E-state index contributed by atoms with van der Waals surface area (Å²) in [6, 6.07) is 11.3. The van der Waals surface area contributed by atoms with Gasteiger partial charge in [0.15, 0.2) is 5.82 Å². The monoisotopic (exact) mass is 332 g/mol. The zero-order valence-electron chi connectivity index (χ0n) is 13.6. The number of amides is 1. The molecule has 1 aromatic heterocycles. The molecular weight excluding hydrogens is 312 g/mol. The Kier molecular flexibility index (Phi) is 5.55. The van der Waals surface area contributed by atoms with E-state index in [0.29, 0.717) is 11.6 Å². The number of halogens is 1. The van der Waals surface area contributed by atoms with Gasteiger partial charge in [0, 0.05) is 17.0 Å². The van der Waals surface area contributed by atoms with E-state index in [0.717, 1.165) is 18.0 Å². The van der Waals surface area contributed by atoms with Crippen molar-refractivity contribution in [1.29, 1.82) is 0 Å². The summed E-state index contributed by atoms with van der Waals surface area (Å²) in [4.78, 5) is 11.9. The van der Waals surface area contributed by atoms with Gasteiger partial charge in [-0.1, -0.05) is 44.5 Å². The van der Waals surface area contributed by atoms with Crippen molar-refractivity contribution in [3.63, 3.8) is 0 Å². The Labute approximate surface area is 141 Å². The predicted octanol–water partition coefficient (Wildman–Crippen LogP) is 3.77. The van der Waals surface area contributed by atoms with Gasteiger partial charge in [0.1, 0.15) is 5.82 Å². The Morgan fingerprint density at radius 1 is 1.04 bits per heavy atom. The van der Waals surface area contributed by atoms with E-state index in [1.165, 1.54) is 5.56 Å². The highest BCUT2D eigenvalue weighted by molar-refractivity contribution is 6.30. The van der Waals surface area contributed by atoms with Crippen molar-refractivity contribution in [3.8, 4) is 0 Å². The van der Waals surface area contributed by atoms with Crippen LogP contribution in [0.15, 0.2) is 36.4 Å². The summed E-state index contributed by atoms with van der Waals surface area (Å²) in [5, 5.41) is 14.7. The van der Waals surface area contributed by atoms with E-state index >= 15 is 0 Å². The molecule has 2 rings (SSSR count). The topological polar surface area (TPSA) is 66.9 Å². The summed E-state index contributed by atoms with van der Waals surface area (Å²) in [6.07, 6.45) is 0.862. The van der Waals surface area contributed by atoms with Gasteiger partial charge in [0.2, 0.25) is 5.91 Å². The molecule has 0 aliphatic heterocycles. The second-order valence-corrected chi connectivity index (χ2v) is 6.75. The number of carbonyl (C=O) groups is 1. The summed E-state index contributed by atoms with van der Waals surface area (Å²) in [7, 11) is 0. The molecule has 0 aliphatic rings. The van der Waals surface area contributed by atoms with Crippen molar-refractivity contribution < 1.29 is 4.79 Å². The first-order chi connectivity index (χ1) is 10.8. The number of hydrogen-bond donors (Lipinski definition) is 2. The average molecular weight is 333 g/mol. The van der Waals surface area contributed by atoms with Gasteiger partial charge in [0.05, 0.1) is 0 Å². The van der Waals surface area contributed by atoms with E-state index in [2.05, 4.69) is 20.8 Å². The molecule has 0 atom stereocenters. The SMILES string of the molecule is CC(C)(C)C(=O)Nc1ccc(NCCc2ccc(Cl)cc2)nn1. The summed E-state index contributed by atoms with van der Waals surface area (Å²) in [5.41, 5.74) is 0.737. The number of hydrogen-bond acceptors (Lipinski definition) is 4. The molecule has 6 heteroatoms. The minimum absolute atomic E-state index is 0.0877. The molecule has 0 fully saturated rings. The average Bonchev–Trinajstić information content (AvgIpc) is 2.50. The molecule has 0 radical (unpaired) electrons. The van der Waals surface area contributed by atoms with Crippen LogP contribution in [-0.2, 0) is 11.2 Å². The number of anilines is 2. The lowest BCUT2D eigenvalue weighted by Gasteiger charge is -2.16. The highest BCUT2D eigenvalue weighted by Crippen LogP contribution is 2.16. The molecule has 5 nitrogen and oxygen atoms in total. The molecule has 2 aromatic rings. The van der Waals surface area contributed by atoms with Crippen LogP contribution in [0.1, 0.15) is 26.3 Å². The fourth-order valence-electron chi connectivity index (χ4n) is 1.78. The number of rotatable bonds is 5. The molecule has 2 N–H and O–H groups in total. The molecular formula is C17H21ClN4O. The maximum Gasteiger partial charge on any atom is 0.230 e. The first kappa shape index (κ1) is 17.2. The molecule has 0 saturated carbocycles. The summed E-state index contributed by atoms with van der Waals surface area (Å²) in [5.74, 6) is 1.04. The first-order valence-corrected chi connectivity index (χ1v) is 7.86. The Hall–Kier alpha value is -2.14. The van der Waals surface area contributed by atoms with Gasteiger partial charge < -0.3 is 10.6 Å². The molecule has 1 heterocycles. The maximum absolute atomic E-state index is 11.9. The number of aromatic nitrogens is 2. The lowest BCUT2D eigenvalue weighted by molar-refractivity contribution is -0.123. The zero-order valence-corrected chi connectivity index (χ0v) is 14.3. The van der Waals surface area contributed by atoms with Gasteiger partial charge in [-0.05, 0) is 36.2 Å². The zero-order chi connectivity index (χ0) is 16.9. The van der Waals surface area contributed by atoms with E-state index in [9.17, 15) is 4.79 Å². The van der Waals surface area contributed by atoms with Crippen molar-refractivity contribution >= 4 is 29.1 Å². The third-order valence-electron chi connectivity index (χ3n) is 3.22. The first-order valence-electron chi connectivity index (χ1n) is 7.48. The fraction of sp³-hybridized carbons (Fsp3) is 0.353. The molecule has 1 amide bonds. The van der Waals surface area contributed by atoms with Gasteiger partial charge >= 0.3 is 0 Å². The van der Waals surface area contributed by atoms with Crippen LogP contribution in [0.3, 0.4) is 0 Å². The third kappa shape index (κ3) is 5.53. The smallest absolute Gasteiger partial charge is 0.230 e. The van der Waals surface area contributed by atoms with E-state index in [4.69, 9.17) is 11.6 Å². The van der Waals surface area contributed by atoms with Crippen LogP contribution in [0, 0.1) is 5.41 Å². The summed E-state index contributed by atoms with van der Waals surface area (Å²) < 4.78 is 0. The molecule has 122 valence electrons. The van der Waals surface area contributed by atoms with Crippen LogP contribution in [0.25, 0.3) is 0 Å². The number of nitrogens with one attached hydrogen (secondary N) is 2. The fourth-order valence-corrected chi connectivity index (χ4v) is 1.91. The van der Waals surface area contributed by atoms with Gasteiger partial charge in [-0.3, -0.25) is 4.79 Å². The van der Waals surface area contributed by atoms with Crippen LogP contribution in [0.4, 0.5) is 11.6 Å². The van der Waals surface area contributed by atoms with Gasteiger partial charge in [-0.25, -0.2) is 0 Å². The number of nitrogens with zero attached hydrogens (tertiary/aromatic N) is 2. The number of benzene rings is 1. The van der Waals surface area contributed by atoms with Gasteiger partial charge in [-0.2, -0.15) is 0 Å². The Morgan fingerprint density at radius 2 is 1.65 bits per heavy atom. The standard InChI is InChI=1S/C17H21ClN4O/c1-17(2,3)16(23)20-15-9-8-14(21-22-15)19-11-10-12-4-6-13(18)7-5-12/h4-9H,10-11H2,1-3H3,(H,19,21)(H,20,22,23). The van der Waals surface area contributed by atoms with Crippen molar-refractivity contribution in [2.24, 2.45) is 5.41 Å². The van der Waals surface area contributed by atoms with Crippen LogP contribution in [0.5, 0.6) is 0 Å². The molecule has 0 spiro atoms. The van der Waals surface area contributed by atoms with Crippen molar-refractivity contribution in [1.82, 2.24) is 10.2 Å². The maximum atomic E-state index is 11.9. The predicted molar refractivity (Wildman–Crippen MR) is 93.8 cm³/mol. The van der Waals surface area contributed by atoms with Crippen LogP contribution < -0.4 is 10.6 Å². The molecule has 1 aromatic carbocycles. The Bertz CT molecular complexity index is 648. The van der Waals surface area contributed by atoms with Crippen molar-refractivity contribution in [2.45, 2.75) is 27.2 Å². The summed E-state index contributed by atoms with van der Waals surface area (Å²) >= 11 is 5.86. The second kappa shape index (κ2) is 7.42. The Balaban J connectivity index is 1.83.